The summed E-state index contributed by atoms with van der Waals surface area (Å²) in [6, 6.07) is 5.56. The molecule has 0 unspecified atom stereocenters. The maximum Gasteiger partial charge on any atom is 0.305 e. The second kappa shape index (κ2) is 5.21. The maximum absolute atomic E-state index is 11.1. The van der Waals surface area contributed by atoms with Gasteiger partial charge in [0.2, 0.25) is 0 Å². The lowest BCUT2D eigenvalue weighted by Crippen LogP contribution is -1.89. The van der Waals surface area contributed by atoms with Crippen LogP contribution in [-0.4, -0.2) is 11.5 Å². The zero-order valence-electron chi connectivity index (χ0n) is 8.80. The minimum absolute atomic E-state index is 0.0616. The number of hydrogen-bond acceptors (Lipinski definition) is 3. The summed E-state index contributed by atoms with van der Waals surface area (Å²) in [4.78, 5) is 16.4. The third-order valence-corrected chi connectivity index (χ3v) is 2.90. The van der Waals surface area contributed by atoms with Crippen LogP contribution in [0.3, 0.4) is 0 Å². The van der Waals surface area contributed by atoms with Crippen molar-refractivity contribution in [2.75, 3.05) is 6.54 Å². The molecule has 0 fully saturated rings. The van der Waals surface area contributed by atoms with Gasteiger partial charge in [0.1, 0.15) is 0 Å². The third kappa shape index (κ3) is 2.88. The summed E-state index contributed by atoms with van der Waals surface area (Å²) < 4.78 is 0.900. The highest BCUT2D eigenvalue weighted by atomic mass is 32.1. The fourth-order valence-corrected chi connectivity index (χ4v) is 2.11. The summed E-state index contributed by atoms with van der Waals surface area (Å²) in [6.45, 7) is 0.378. The Morgan fingerprint density at radius 2 is 2.41 bits per heavy atom. The fourth-order valence-electron chi connectivity index (χ4n) is 1.34. The number of nitrogens with zero attached hydrogens (tertiary/aromatic N) is 3. The van der Waals surface area contributed by atoms with Crippen LogP contribution in [-0.2, 0) is 0 Å². The molecule has 0 aliphatic carbocycles. The van der Waals surface area contributed by atoms with Crippen LogP contribution in [0.15, 0.2) is 28.1 Å². The molecule has 0 atom stereocenters. The van der Waals surface area contributed by atoms with E-state index in [1.807, 2.05) is 18.2 Å². The molecule has 1 aromatic heterocycles. The van der Waals surface area contributed by atoms with Gasteiger partial charge in [-0.05, 0) is 23.7 Å². The number of thiazole rings is 1. The van der Waals surface area contributed by atoms with Crippen molar-refractivity contribution in [1.29, 1.82) is 0 Å². The van der Waals surface area contributed by atoms with E-state index in [1.54, 1.807) is 0 Å². The van der Waals surface area contributed by atoms with Gasteiger partial charge in [0.15, 0.2) is 0 Å². The average molecular weight is 244 g/mol. The van der Waals surface area contributed by atoms with E-state index in [-0.39, 0.29) is 4.87 Å². The van der Waals surface area contributed by atoms with Crippen molar-refractivity contribution in [3.8, 4) is 11.8 Å². The first-order chi connectivity index (χ1) is 8.29. The van der Waals surface area contributed by atoms with Gasteiger partial charge in [-0.1, -0.05) is 28.3 Å². The summed E-state index contributed by atoms with van der Waals surface area (Å²) in [6.07, 6.45) is 0.533. The lowest BCUT2D eigenvalue weighted by molar-refractivity contribution is 1.01. The van der Waals surface area contributed by atoms with Crippen molar-refractivity contribution in [1.82, 2.24) is 4.98 Å². The highest BCUT2D eigenvalue weighted by Crippen LogP contribution is 2.15. The zero-order chi connectivity index (χ0) is 12.1. The van der Waals surface area contributed by atoms with Gasteiger partial charge >= 0.3 is 4.87 Å². The van der Waals surface area contributed by atoms with Gasteiger partial charge in [0, 0.05) is 23.4 Å². The van der Waals surface area contributed by atoms with E-state index >= 15 is 0 Å². The van der Waals surface area contributed by atoms with Gasteiger partial charge in [-0.15, -0.1) is 0 Å². The van der Waals surface area contributed by atoms with Crippen LogP contribution < -0.4 is 4.87 Å². The summed E-state index contributed by atoms with van der Waals surface area (Å²) in [5, 5.41) is 3.39. The van der Waals surface area contributed by atoms with Crippen LogP contribution in [0.1, 0.15) is 12.0 Å². The molecule has 0 spiro atoms. The molecule has 5 nitrogen and oxygen atoms in total. The van der Waals surface area contributed by atoms with E-state index in [2.05, 4.69) is 26.9 Å². The number of rotatable bonds is 2. The topological polar surface area (TPSA) is 81.6 Å². The summed E-state index contributed by atoms with van der Waals surface area (Å²) >= 11 is 1.17. The Morgan fingerprint density at radius 1 is 1.53 bits per heavy atom. The molecule has 1 N–H and O–H groups in total. The van der Waals surface area contributed by atoms with Crippen molar-refractivity contribution in [3.63, 3.8) is 0 Å². The van der Waals surface area contributed by atoms with Crippen molar-refractivity contribution >= 4 is 21.6 Å². The molecular formula is C11H8N4OS. The van der Waals surface area contributed by atoms with Crippen LogP contribution in [0.2, 0.25) is 0 Å². The van der Waals surface area contributed by atoms with E-state index in [1.165, 1.54) is 11.3 Å². The quantitative estimate of drug-likeness (QED) is 0.284. The molecule has 0 aliphatic heterocycles. The number of fused-ring (bicyclic) bond motifs is 1. The molecule has 0 aliphatic rings. The Labute approximate surface area is 101 Å². The number of azide groups is 1. The first-order valence-electron chi connectivity index (χ1n) is 4.92. The molecule has 17 heavy (non-hydrogen) atoms. The van der Waals surface area contributed by atoms with Crippen LogP contribution in [0, 0.1) is 11.8 Å². The number of aromatic amines is 1. The largest absolute Gasteiger partial charge is 0.312 e. The smallest absolute Gasteiger partial charge is 0.305 e. The van der Waals surface area contributed by atoms with Crippen LogP contribution in [0.4, 0.5) is 0 Å². The van der Waals surface area contributed by atoms with Crippen LogP contribution in [0.25, 0.3) is 20.7 Å². The molecule has 0 bridgehead atoms. The summed E-state index contributed by atoms with van der Waals surface area (Å²) in [5.74, 6) is 5.87. The maximum atomic E-state index is 11.1. The lowest BCUT2D eigenvalue weighted by Gasteiger charge is -1.90. The van der Waals surface area contributed by atoms with E-state index < -0.39 is 0 Å². The minimum atomic E-state index is -0.0616. The number of benzene rings is 1. The summed E-state index contributed by atoms with van der Waals surface area (Å²) in [5.41, 5.74) is 9.77. The molecule has 0 radical (unpaired) electrons. The minimum Gasteiger partial charge on any atom is -0.312 e. The second-order valence-corrected chi connectivity index (χ2v) is 4.25. The summed E-state index contributed by atoms with van der Waals surface area (Å²) in [7, 11) is 0. The molecule has 2 aromatic rings. The molecule has 0 saturated heterocycles. The van der Waals surface area contributed by atoms with Crippen molar-refractivity contribution in [3.05, 3.63) is 43.9 Å². The van der Waals surface area contributed by atoms with Crippen molar-refractivity contribution in [2.45, 2.75) is 6.42 Å². The van der Waals surface area contributed by atoms with Crippen LogP contribution in [0.5, 0.6) is 0 Å². The van der Waals surface area contributed by atoms with Crippen molar-refractivity contribution < 1.29 is 0 Å². The first kappa shape index (κ1) is 11.3. The van der Waals surface area contributed by atoms with Gasteiger partial charge in [0.25, 0.3) is 0 Å². The van der Waals surface area contributed by atoms with Gasteiger partial charge in [-0.25, -0.2) is 0 Å². The number of nitrogens with one attached hydrogen (secondary N) is 1. The Morgan fingerprint density at radius 3 is 3.24 bits per heavy atom. The predicted molar refractivity (Wildman–Crippen MR) is 68.0 cm³/mol. The Balaban J connectivity index is 2.18. The number of H-pyrrole nitrogens is 1. The highest BCUT2D eigenvalue weighted by molar-refractivity contribution is 7.16. The molecule has 0 amide bonds. The second-order valence-electron chi connectivity index (χ2n) is 3.23. The van der Waals surface area contributed by atoms with Gasteiger partial charge < -0.3 is 4.98 Å². The normalized spacial score (nSPS) is 9.41. The van der Waals surface area contributed by atoms with E-state index in [0.717, 1.165) is 15.8 Å². The van der Waals surface area contributed by atoms with Crippen molar-refractivity contribution in [2.24, 2.45) is 5.11 Å². The van der Waals surface area contributed by atoms with Gasteiger partial charge in [-0.2, -0.15) is 0 Å². The van der Waals surface area contributed by atoms with Gasteiger partial charge in [-0.3, -0.25) is 4.79 Å². The molecule has 1 heterocycles. The monoisotopic (exact) mass is 244 g/mol. The van der Waals surface area contributed by atoms with Gasteiger partial charge in [0.05, 0.1) is 10.2 Å². The lowest BCUT2D eigenvalue weighted by atomic mass is 10.2. The Bertz CT molecular complexity index is 697. The standard InChI is InChI=1S/C11H8N4OS/c12-15-13-6-2-1-3-8-4-5-9-10(7-8)17-11(16)14-9/h4-5,7H,2,6H2,(H,14,16). The first-order valence-corrected chi connectivity index (χ1v) is 5.74. The Hall–Kier alpha value is -2.22. The third-order valence-electron chi connectivity index (χ3n) is 2.05. The molecular weight excluding hydrogens is 236 g/mol. The zero-order valence-corrected chi connectivity index (χ0v) is 9.62. The molecule has 1 aromatic carbocycles. The molecule has 6 heteroatoms. The van der Waals surface area contributed by atoms with E-state index in [4.69, 9.17) is 5.53 Å². The number of hydrogen-bond donors (Lipinski definition) is 1. The molecule has 0 saturated carbocycles. The fraction of sp³-hybridized carbons (Fsp3) is 0.182. The highest BCUT2D eigenvalue weighted by Gasteiger charge is 1.98. The van der Waals surface area contributed by atoms with E-state index in [9.17, 15) is 4.79 Å². The molecule has 2 rings (SSSR count). The average Bonchev–Trinajstić information content (AvgIpc) is 2.68. The Kier molecular flexibility index (Phi) is 3.46. The molecule has 84 valence electrons. The van der Waals surface area contributed by atoms with E-state index in [0.29, 0.717) is 13.0 Å². The predicted octanol–water partition coefficient (Wildman–Crippen LogP) is 2.64. The van der Waals surface area contributed by atoms with Crippen LogP contribution >= 0.6 is 11.3 Å². The number of aromatic nitrogens is 1. The SMILES string of the molecule is [N-]=[N+]=NCCC#Cc1ccc2[nH]c(=O)sc2c1.